The van der Waals surface area contributed by atoms with Crippen LogP contribution in [0.1, 0.15) is 0 Å². The number of fused-ring (bicyclic) bond motifs is 2. The lowest BCUT2D eigenvalue weighted by Crippen LogP contribution is -2.19. The van der Waals surface area contributed by atoms with Crippen LogP contribution < -0.4 is 5.56 Å². The molecule has 120 valence electrons. The molecule has 0 saturated heterocycles. The molecule has 7 heteroatoms. The van der Waals surface area contributed by atoms with Crippen LogP contribution in [0.5, 0.6) is 0 Å². The lowest BCUT2D eigenvalue weighted by molar-refractivity contribution is 0.628. The molecule has 0 atom stereocenters. The first-order chi connectivity index (χ1) is 12.3. The fraction of sp³-hybridized carbons (Fsp3) is 0. The summed E-state index contributed by atoms with van der Waals surface area (Å²) in [6.45, 7) is 0. The number of rotatable bonds is 2. The minimum atomic E-state index is -0.296. The molecule has 5 rings (SSSR count). The molecular weight excluding hydrogens is 336 g/mol. The molecule has 3 heterocycles. The zero-order chi connectivity index (χ0) is 16.8. The Labute approximate surface area is 145 Å². The Morgan fingerprint density at radius 2 is 1.76 bits per heavy atom. The van der Waals surface area contributed by atoms with Gasteiger partial charge in [-0.05, 0) is 12.1 Å². The average Bonchev–Trinajstić information content (AvgIpc) is 3.27. The molecule has 0 amide bonds. The number of aromatic nitrogens is 4. The quantitative estimate of drug-likeness (QED) is 0.488. The Morgan fingerprint density at radius 1 is 0.960 bits per heavy atom. The number of furan rings is 1. The molecule has 0 aliphatic carbocycles. The van der Waals surface area contributed by atoms with Crippen LogP contribution in [-0.2, 0) is 0 Å². The molecule has 0 spiro atoms. The zero-order valence-corrected chi connectivity index (χ0v) is 13.6. The number of hydrogen-bond acceptors (Lipinski definition) is 6. The molecule has 25 heavy (non-hydrogen) atoms. The highest BCUT2D eigenvalue weighted by Gasteiger charge is 2.16. The average molecular weight is 346 g/mol. The van der Waals surface area contributed by atoms with Gasteiger partial charge in [0.05, 0.1) is 0 Å². The second kappa shape index (κ2) is 5.35. The van der Waals surface area contributed by atoms with Crippen molar-refractivity contribution in [2.24, 2.45) is 0 Å². The molecular formula is C18H10N4O2S. The van der Waals surface area contributed by atoms with Gasteiger partial charge in [-0.25, -0.2) is 0 Å². The van der Waals surface area contributed by atoms with Crippen molar-refractivity contribution in [1.29, 1.82) is 0 Å². The normalized spacial score (nSPS) is 11.4. The second-order valence-electron chi connectivity index (χ2n) is 5.47. The summed E-state index contributed by atoms with van der Waals surface area (Å²) in [7, 11) is 0. The van der Waals surface area contributed by atoms with E-state index in [0.29, 0.717) is 21.3 Å². The molecule has 0 unspecified atom stereocenters. The van der Waals surface area contributed by atoms with Crippen LogP contribution >= 0.6 is 11.3 Å². The van der Waals surface area contributed by atoms with Gasteiger partial charge in [-0.1, -0.05) is 59.9 Å². The molecule has 0 N–H and O–H groups in total. The smallest absolute Gasteiger partial charge is 0.302 e. The maximum absolute atomic E-state index is 12.7. The topological polar surface area (TPSA) is 73.3 Å². The van der Waals surface area contributed by atoms with E-state index >= 15 is 0 Å². The minimum Gasteiger partial charge on any atom is -0.453 e. The molecule has 2 aromatic carbocycles. The Bertz CT molecular complexity index is 1240. The fourth-order valence-electron chi connectivity index (χ4n) is 2.68. The number of nitrogens with zero attached hydrogens (tertiary/aromatic N) is 4. The van der Waals surface area contributed by atoms with E-state index in [1.54, 1.807) is 0 Å². The van der Waals surface area contributed by atoms with E-state index in [2.05, 4.69) is 15.3 Å². The summed E-state index contributed by atoms with van der Waals surface area (Å²) in [5.74, 6) is 0.609. The van der Waals surface area contributed by atoms with Crippen molar-refractivity contribution in [3.8, 4) is 22.0 Å². The summed E-state index contributed by atoms with van der Waals surface area (Å²) in [6.07, 6.45) is 0. The Hall–Kier alpha value is -3.32. The van der Waals surface area contributed by atoms with Gasteiger partial charge < -0.3 is 4.42 Å². The van der Waals surface area contributed by atoms with Gasteiger partial charge >= 0.3 is 5.56 Å². The highest BCUT2D eigenvalue weighted by Crippen LogP contribution is 2.30. The van der Waals surface area contributed by atoms with Crippen molar-refractivity contribution in [2.75, 3.05) is 0 Å². The van der Waals surface area contributed by atoms with Gasteiger partial charge in [-0.3, -0.25) is 4.79 Å². The zero-order valence-electron chi connectivity index (χ0n) is 12.8. The Morgan fingerprint density at radius 3 is 2.60 bits per heavy atom. The number of benzene rings is 2. The summed E-state index contributed by atoms with van der Waals surface area (Å²) in [4.78, 5) is 13.2. The van der Waals surface area contributed by atoms with E-state index < -0.39 is 0 Å². The van der Waals surface area contributed by atoms with E-state index in [9.17, 15) is 4.79 Å². The minimum absolute atomic E-state index is 0.277. The fourth-order valence-corrected chi connectivity index (χ4v) is 3.47. The molecule has 6 nitrogen and oxygen atoms in total. The summed E-state index contributed by atoms with van der Waals surface area (Å²) in [5, 5.41) is 14.2. The Kier molecular flexibility index (Phi) is 3.01. The molecule has 0 aliphatic heterocycles. The van der Waals surface area contributed by atoms with Crippen molar-refractivity contribution in [2.45, 2.75) is 0 Å². The van der Waals surface area contributed by atoms with Crippen LogP contribution in [0.2, 0.25) is 0 Å². The third-order valence-electron chi connectivity index (χ3n) is 3.87. The van der Waals surface area contributed by atoms with Crippen molar-refractivity contribution < 1.29 is 4.42 Å². The van der Waals surface area contributed by atoms with Gasteiger partial charge in [0.25, 0.3) is 0 Å². The van der Waals surface area contributed by atoms with Gasteiger partial charge in [0, 0.05) is 10.9 Å². The first-order valence-corrected chi connectivity index (χ1v) is 8.42. The van der Waals surface area contributed by atoms with Crippen molar-refractivity contribution in [3.05, 3.63) is 71.0 Å². The number of para-hydroxylation sites is 1. The predicted octanol–water partition coefficient (Wildman–Crippen LogP) is 3.63. The first-order valence-electron chi connectivity index (χ1n) is 7.60. The lowest BCUT2D eigenvalue weighted by Gasteiger charge is -1.97. The molecule has 0 bridgehead atoms. The predicted molar refractivity (Wildman–Crippen MR) is 95.6 cm³/mol. The van der Waals surface area contributed by atoms with Crippen molar-refractivity contribution >= 4 is 27.3 Å². The van der Waals surface area contributed by atoms with Crippen LogP contribution in [0.25, 0.3) is 38.0 Å². The summed E-state index contributed by atoms with van der Waals surface area (Å²) in [5.41, 5.74) is 1.47. The molecule has 3 aromatic heterocycles. The molecule has 0 radical (unpaired) electrons. The molecule has 0 fully saturated rings. The third-order valence-corrected chi connectivity index (χ3v) is 4.79. The van der Waals surface area contributed by atoms with E-state index in [-0.39, 0.29) is 11.3 Å². The molecule has 5 aromatic rings. The largest absolute Gasteiger partial charge is 0.453 e. The summed E-state index contributed by atoms with van der Waals surface area (Å²) < 4.78 is 7.10. The SMILES string of the molecule is O=c1c(-c2ccccc2)nnc2sc(-c3cc4ccccc4o3)nn12. The van der Waals surface area contributed by atoms with E-state index in [1.807, 2.05) is 60.7 Å². The monoisotopic (exact) mass is 346 g/mol. The second-order valence-corrected chi connectivity index (χ2v) is 6.43. The van der Waals surface area contributed by atoms with E-state index in [1.165, 1.54) is 15.9 Å². The highest BCUT2D eigenvalue weighted by molar-refractivity contribution is 7.19. The van der Waals surface area contributed by atoms with Gasteiger partial charge in [-0.2, -0.15) is 4.52 Å². The van der Waals surface area contributed by atoms with Crippen molar-refractivity contribution in [1.82, 2.24) is 19.8 Å². The van der Waals surface area contributed by atoms with Crippen LogP contribution in [-0.4, -0.2) is 19.8 Å². The maximum Gasteiger partial charge on any atom is 0.302 e. The van der Waals surface area contributed by atoms with Crippen molar-refractivity contribution in [3.63, 3.8) is 0 Å². The summed E-state index contributed by atoms with van der Waals surface area (Å²) >= 11 is 1.27. The highest BCUT2D eigenvalue weighted by atomic mass is 32.1. The first kappa shape index (κ1) is 14.1. The Balaban J connectivity index is 1.69. The van der Waals surface area contributed by atoms with E-state index in [4.69, 9.17) is 4.42 Å². The molecule has 0 aliphatic rings. The van der Waals surface area contributed by atoms with Gasteiger partial charge in [-0.15, -0.1) is 15.3 Å². The molecule has 0 saturated carbocycles. The lowest BCUT2D eigenvalue weighted by atomic mass is 10.2. The van der Waals surface area contributed by atoms with Gasteiger partial charge in [0.1, 0.15) is 5.58 Å². The third kappa shape index (κ3) is 2.25. The number of hydrogen-bond donors (Lipinski definition) is 0. The standard InChI is InChI=1S/C18H10N4O2S/c23-17-15(11-6-2-1-3-7-11)19-20-18-22(17)21-16(25-18)14-10-12-8-4-5-9-13(12)24-14/h1-10H. The van der Waals surface area contributed by atoms with Crippen LogP contribution in [0.4, 0.5) is 0 Å². The van der Waals surface area contributed by atoms with E-state index in [0.717, 1.165) is 11.0 Å². The van der Waals surface area contributed by atoms with Crippen LogP contribution in [0, 0.1) is 0 Å². The van der Waals surface area contributed by atoms with Crippen LogP contribution in [0.15, 0.2) is 69.9 Å². The van der Waals surface area contributed by atoms with Crippen LogP contribution in [0.3, 0.4) is 0 Å². The summed E-state index contributed by atoms with van der Waals surface area (Å²) in [6, 6.07) is 18.9. The van der Waals surface area contributed by atoms with Gasteiger partial charge in [0.15, 0.2) is 16.5 Å². The van der Waals surface area contributed by atoms with Gasteiger partial charge in [0.2, 0.25) is 4.96 Å². The maximum atomic E-state index is 12.7.